The van der Waals surface area contributed by atoms with Crippen molar-refractivity contribution in [2.75, 3.05) is 31.1 Å². The van der Waals surface area contributed by atoms with Gasteiger partial charge in [-0.3, -0.25) is 14.9 Å². The van der Waals surface area contributed by atoms with Crippen LogP contribution in [0.5, 0.6) is 0 Å². The standard InChI is InChI=1S/C15H16FN3O2/c16-11-5-9-10(14(21)18-13(9)20)6-12(11)19-7-15(8-19)1-3-17-4-2-15/h5-6,17H,1-4,7-8H2,(H,18,20,21). The first-order valence-corrected chi connectivity index (χ1v) is 7.23. The summed E-state index contributed by atoms with van der Waals surface area (Å²) in [7, 11) is 0. The van der Waals surface area contributed by atoms with Crippen LogP contribution in [0.4, 0.5) is 10.1 Å². The predicted molar refractivity (Wildman–Crippen MR) is 74.9 cm³/mol. The summed E-state index contributed by atoms with van der Waals surface area (Å²) in [6, 6.07) is 2.69. The van der Waals surface area contributed by atoms with E-state index in [2.05, 4.69) is 10.6 Å². The quantitative estimate of drug-likeness (QED) is 0.754. The summed E-state index contributed by atoms with van der Waals surface area (Å²) in [4.78, 5) is 25.2. The van der Waals surface area contributed by atoms with Gasteiger partial charge in [0.1, 0.15) is 5.82 Å². The smallest absolute Gasteiger partial charge is 0.259 e. The van der Waals surface area contributed by atoms with Crippen LogP contribution in [0, 0.1) is 11.2 Å². The summed E-state index contributed by atoms with van der Waals surface area (Å²) in [6.45, 7) is 3.66. The predicted octanol–water partition coefficient (Wildman–Crippen LogP) is 0.899. The number of fused-ring (bicyclic) bond motifs is 1. The van der Waals surface area contributed by atoms with Gasteiger partial charge in [-0.25, -0.2) is 4.39 Å². The molecule has 0 bridgehead atoms. The molecule has 2 N–H and O–H groups in total. The Bertz CT molecular complexity index is 645. The zero-order chi connectivity index (χ0) is 14.6. The SMILES string of the molecule is O=C1NC(=O)c2cc(N3CC4(CCNCC4)C3)c(F)cc21. The van der Waals surface area contributed by atoms with Crippen LogP contribution in [0.2, 0.25) is 0 Å². The van der Waals surface area contributed by atoms with Crippen molar-refractivity contribution < 1.29 is 14.0 Å². The molecule has 1 spiro atoms. The Labute approximate surface area is 121 Å². The van der Waals surface area contributed by atoms with Gasteiger partial charge in [-0.15, -0.1) is 0 Å². The molecular weight excluding hydrogens is 273 g/mol. The van der Waals surface area contributed by atoms with E-state index in [1.54, 1.807) is 0 Å². The molecule has 1 aromatic carbocycles. The number of halogens is 1. The number of nitrogens with one attached hydrogen (secondary N) is 2. The fourth-order valence-corrected chi connectivity index (χ4v) is 3.62. The van der Waals surface area contributed by atoms with E-state index in [9.17, 15) is 14.0 Å². The van der Waals surface area contributed by atoms with Gasteiger partial charge in [0.2, 0.25) is 0 Å². The summed E-state index contributed by atoms with van der Waals surface area (Å²) in [6.07, 6.45) is 2.21. The summed E-state index contributed by atoms with van der Waals surface area (Å²) in [5, 5.41) is 5.53. The highest BCUT2D eigenvalue weighted by Gasteiger charge is 2.44. The van der Waals surface area contributed by atoms with Gasteiger partial charge in [0.05, 0.1) is 16.8 Å². The van der Waals surface area contributed by atoms with Crippen LogP contribution in [-0.2, 0) is 0 Å². The molecule has 4 rings (SSSR count). The van der Waals surface area contributed by atoms with Gasteiger partial charge < -0.3 is 10.2 Å². The first-order chi connectivity index (χ1) is 10.1. The number of piperidine rings is 1. The van der Waals surface area contributed by atoms with Crippen LogP contribution >= 0.6 is 0 Å². The second kappa shape index (κ2) is 4.27. The molecule has 3 heterocycles. The average Bonchev–Trinajstić information content (AvgIpc) is 2.71. The second-order valence-corrected chi connectivity index (χ2v) is 6.24. The van der Waals surface area contributed by atoms with Crippen molar-refractivity contribution in [1.29, 1.82) is 0 Å². The van der Waals surface area contributed by atoms with Crippen LogP contribution in [0.25, 0.3) is 0 Å². The largest absolute Gasteiger partial charge is 0.368 e. The Morgan fingerprint density at radius 2 is 1.67 bits per heavy atom. The van der Waals surface area contributed by atoms with Gasteiger partial charge in [0.25, 0.3) is 11.8 Å². The summed E-state index contributed by atoms with van der Waals surface area (Å²) in [5.41, 5.74) is 1.14. The maximum absolute atomic E-state index is 14.2. The number of amides is 2. The molecule has 2 amide bonds. The normalized spacial score (nSPS) is 23.0. The number of carbonyl (C=O) groups is 2. The van der Waals surface area contributed by atoms with Crippen molar-refractivity contribution in [3.8, 4) is 0 Å². The van der Waals surface area contributed by atoms with E-state index in [4.69, 9.17) is 0 Å². The fraction of sp³-hybridized carbons (Fsp3) is 0.467. The minimum Gasteiger partial charge on any atom is -0.368 e. The topological polar surface area (TPSA) is 61.4 Å². The molecule has 3 aliphatic rings. The zero-order valence-electron chi connectivity index (χ0n) is 11.5. The Balaban J connectivity index is 1.61. The molecule has 2 fully saturated rings. The van der Waals surface area contributed by atoms with E-state index in [1.165, 1.54) is 12.1 Å². The van der Waals surface area contributed by atoms with E-state index >= 15 is 0 Å². The molecule has 110 valence electrons. The number of nitrogens with zero attached hydrogens (tertiary/aromatic N) is 1. The average molecular weight is 289 g/mol. The van der Waals surface area contributed by atoms with Gasteiger partial charge in [-0.1, -0.05) is 0 Å². The maximum atomic E-state index is 14.2. The Morgan fingerprint density at radius 1 is 1.05 bits per heavy atom. The molecule has 0 aliphatic carbocycles. The monoisotopic (exact) mass is 289 g/mol. The van der Waals surface area contributed by atoms with Gasteiger partial charge in [0, 0.05) is 18.5 Å². The number of hydrogen-bond donors (Lipinski definition) is 2. The summed E-state index contributed by atoms with van der Waals surface area (Å²) in [5.74, 6) is -1.38. The highest BCUT2D eigenvalue weighted by Crippen LogP contribution is 2.42. The lowest BCUT2D eigenvalue weighted by molar-refractivity contribution is 0.0879. The van der Waals surface area contributed by atoms with Crippen molar-refractivity contribution in [1.82, 2.24) is 10.6 Å². The molecule has 6 heteroatoms. The number of carbonyl (C=O) groups excluding carboxylic acids is 2. The molecule has 3 aliphatic heterocycles. The van der Waals surface area contributed by atoms with E-state index in [0.29, 0.717) is 5.69 Å². The second-order valence-electron chi connectivity index (χ2n) is 6.24. The third kappa shape index (κ3) is 1.86. The molecule has 5 nitrogen and oxygen atoms in total. The van der Waals surface area contributed by atoms with Gasteiger partial charge in [-0.05, 0) is 38.1 Å². The molecule has 21 heavy (non-hydrogen) atoms. The first kappa shape index (κ1) is 12.8. The van der Waals surface area contributed by atoms with Gasteiger partial charge in [0.15, 0.2) is 0 Å². The van der Waals surface area contributed by atoms with Crippen LogP contribution in [0.3, 0.4) is 0 Å². The number of rotatable bonds is 1. The van der Waals surface area contributed by atoms with Crippen molar-refractivity contribution in [3.63, 3.8) is 0 Å². The third-order valence-corrected chi connectivity index (χ3v) is 4.86. The van der Waals surface area contributed by atoms with Gasteiger partial charge >= 0.3 is 0 Å². The Morgan fingerprint density at radius 3 is 2.33 bits per heavy atom. The molecule has 0 aromatic heterocycles. The van der Waals surface area contributed by atoms with Crippen molar-refractivity contribution in [2.24, 2.45) is 5.41 Å². The zero-order valence-corrected chi connectivity index (χ0v) is 11.5. The molecule has 0 unspecified atom stereocenters. The number of hydrogen-bond acceptors (Lipinski definition) is 4. The lowest BCUT2D eigenvalue weighted by Crippen LogP contribution is -2.60. The molecular formula is C15H16FN3O2. The van der Waals surface area contributed by atoms with Crippen LogP contribution in [0.1, 0.15) is 33.6 Å². The Hall–Kier alpha value is -1.95. The lowest BCUT2D eigenvalue weighted by Gasteiger charge is -2.53. The van der Waals surface area contributed by atoms with Crippen LogP contribution in [0.15, 0.2) is 12.1 Å². The van der Waals surface area contributed by atoms with Crippen LogP contribution < -0.4 is 15.5 Å². The van der Waals surface area contributed by atoms with E-state index in [-0.39, 0.29) is 16.5 Å². The van der Waals surface area contributed by atoms with Crippen molar-refractivity contribution in [2.45, 2.75) is 12.8 Å². The number of benzene rings is 1. The lowest BCUT2D eigenvalue weighted by atomic mass is 9.72. The molecule has 0 atom stereocenters. The minimum absolute atomic E-state index is 0.137. The maximum Gasteiger partial charge on any atom is 0.259 e. The number of imide groups is 1. The molecule has 2 saturated heterocycles. The highest BCUT2D eigenvalue weighted by atomic mass is 19.1. The molecule has 1 aromatic rings. The number of anilines is 1. The van der Waals surface area contributed by atoms with Gasteiger partial charge in [-0.2, -0.15) is 0 Å². The molecule has 0 saturated carbocycles. The van der Waals surface area contributed by atoms with Crippen LogP contribution in [-0.4, -0.2) is 38.0 Å². The molecule has 0 radical (unpaired) electrons. The Kier molecular flexibility index (Phi) is 2.60. The van der Waals surface area contributed by atoms with Crippen molar-refractivity contribution in [3.05, 3.63) is 29.1 Å². The fourth-order valence-electron chi connectivity index (χ4n) is 3.62. The summed E-state index contributed by atoms with van der Waals surface area (Å²) < 4.78 is 14.2. The minimum atomic E-state index is -0.515. The van der Waals surface area contributed by atoms with Crippen molar-refractivity contribution >= 4 is 17.5 Å². The van der Waals surface area contributed by atoms with E-state index in [0.717, 1.165) is 39.0 Å². The van der Waals surface area contributed by atoms with E-state index < -0.39 is 17.6 Å². The highest BCUT2D eigenvalue weighted by molar-refractivity contribution is 6.21. The van der Waals surface area contributed by atoms with E-state index in [1.807, 2.05) is 4.90 Å². The summed E-state index contributed by atoms with van der Waals surface area (Å²) >= 11 is 0. The third-order valence-electron chi connectivity index (χ3n) is 4.86. The first-order valence-electron chi connectivity index (χ1n) is 7.23.